The molecule has 0 radical (unpaired) electrons. The first-order chi connectivity index (χ1) is 18.7. The molecule has 2 aliphatic rings. The minimum absolute atomic E-state index is 0.127. The van der Waals surface area contributed by atoms with E-state index >= 15 is 0 Å². The molecule has 7 heteroatoms. The van der Waals surface area contributed by atoms with Crippen LogP contribution in [-0.2, 0) is 19.4 Å². The van der Waals surface area contributed by atoms with E-state index in [9.17, 15) is 4.79 Å². The van der Waals surface area contributed by atoms with Gasteiger partial charge in [0.15, 0.2) is 0 Å². The van der Waals surface area contributed by atoms with Gasteiger partial charge in [0.1, 0.15) is 16.5 Å². The van der Waals surface area contributed by atoms with Gasteiger partial charge in [0, 0.05) is 22.3 Å². The van der Waals surface area contributed by atoms with Crippen molar-refractivity contribution >= 4 is 23.1 Å². The number of fused-ring (bicyclic) bond motifs is 5. The third-order valence-electron chi connectivity index (χ3n) is 7.34. The second-order valence-electron chi connectivity index (χ2n) is 9.72. The molecule has 1 aliphatic carbocycles. The van der Waals surface area contributed by atoms with Gasteiger partial charge in [0.25, 0.3) is 0 Å². The number of thiophene rings is 1. The molecule has 196 valence electrons. The van der Waals surface area contributed by atoms with Crippen LogP contribution in [0.1, 0.15) is 60.0 Å². The molecule has 0 saturated carbocycles. The normalized spacial score (nSPS) is 16.2. The summed E-state index contributed by atoms with van der Waals surface area (Å²) in [6.45, 7) is 5.70. The summed E-state index contributed by atoms with van der Waals surface area (Å²) in [6, 6.07) is 19.6. The summed E-state index contributed by atoms with van der Waals surface area (Å²) in [5.74, 6) is 1.60. The molecule has 1 atom stereocenters. The van der Waals surface area contributed by atoms with E-state index in [0.29, 0.717) is 19.8 Å². The van der Waals surface area contributed by atoms with E-state index in [0.717, 1.165) is 41.3 Å². The Hall–Kier alpha value is -3.71. The van der Waals surface area contributed by atoms with Gasteiger partial charge in [-0.05, 0) is 99.2 Å². The average molecular weight is 528 g/mol. The summed E-state index contributed by atoms with van der Waals surface area (Å²) in [5, 5.41) is 4.42. The van der Waals surface area contributed by atoms with Crippen LogP contribution < -0.4 is 14.8 Å². The zero-order valence-corrected chi connectivity index (χ0v) is 22.7. The number of hydrogen-bond acceptors (Lipinski definition) is 4. The molecule has 3 heterocycles. The molecule has 0 saturated heterocycles. The molecular formula is C31H33N3O3S. The maximum absolute atomic E-state index is 14.1. The van der Waals surface area contributed by atoms with E-state index in [1.807, 2.05) is 66.5 Å². The Balaban J connectivity index is 1.44. The lowest BCUT2D eigenvalue weighted by Crippen LogP contribution is -2.38. The van der Waals surface area contributed by atoms with Crippen LogP contribution in [0.2, 0.25) is 0 Å². The largest absolute Gasteiger partial charge is 0.494 e. The number of nitrogens with one attached hydrogen (secondary N) is 1. The smallest absolute Gasteiger partial charge is 0.322 e. The number of anilines is 1. The first-order valence-electron chi connectivity index (χ1n) is 13.5. The second-order valence-corrected chi connectivity index (χ2v) is 10.8. The first kappa shape index (κ1) is 24.6. The third kappa shape index (κ3) is 4.56. The molecule has 6 rings (SSSR count). The van der Waals surface area contributed by atoms with Gasteiger partial charge < -0.3 is 24.3 Å². The van der Waals surface area contributed by atoms with Crippen LogP contribution in [0.3, 0.4) is 0 Å². The number of amides is 2. The first-order valence-corrected chi connectivity index (χ1v) is 14.3. The van der Waals surface area contributed by atoms with Crippen molar-refractivity contribution < 1.29 is 14.3 Å². The fraction of sp³-hybridized carbons (Fsp3) is 0.323. The van der Waals surface area contributed by atoms with Gasteiger partial charge in [-0.15, -0.1) is 11.3 Å². The highest BCUT2D eigenvalue weighted by Gasteiger charge is 2.36. The van der Waals surface area contributed by atoms with E-state index < -0.39 is 0 Å². The summed E-state index contributed by atoms with van der Waals surface area (Å²) < 4.78 is 13.7. The monoisotopic (exact) mass is 527 g/mol. The van der Waals surface area contributed by atoms with Crippen molar-refractivity contribution in [2.24, 2.45) is 0 Å². The fourth-order valence-corrected chi connectivity index (χ4v) is 7.08. The Morgan fingerprint density at radius 2 is 1.74 bits per heavy atom. The molecule has 2 aromatic heterocycles. The molecule has 2 amide bonds. The number of urea groups is 1. The topological polar surface area (TPSA) is 55.7 Å². The fourth-order valence-electron chi connectivity index (χ4n) is 5.67. The molecule has 0 fully saturated rings. The van der Waals surface area contributed by atoms with E-state index in [1.54, 1.807) is 0 Å². The Bertz CT molecular complexity index is 1440. The van der Waals surface area contributed by atoms with Gasteiger partial charge in [-0.2, -0.15) is 0 Å². The molecule has 1 N–H and O–H groups in total. The maximum Gasteiger partial charge on any atom is 0.322 e. The molecular weight excluding hydrogens is 494 g/mol. The summed E-state index contributed by atoms with van der Waals surface area (Å²) >= 11 is 1.90. The van der Waals surface area contributed by atoms with Crippen LogP contribution in [0.15, 0.2) is 66.9 Å². The maximum atomic E-state index is 14.1. The summed E-state index contributed by atoms with van der Waals surface area (Å²) in [7, 11) is 0. The molecule has 4 aromatic rings. The van der Waals surface area contributed by atoms with Crippen molar-refractivity contribution in [2.75, 3.05) is 18.5 Å². The highest BCUT2D eigenvalue weighted by molar-refractivity contribution is 7.15. The van der Waals surface area contributed by atoms with Gasteiger partial charge in [-0.3, -0.25) is 0 Å². The van der Waals surface area contributed by atoms with Crippen LogP contribution in [0.5, 0.6) is 11.5 Å². The standard InChI is InChI=1S/C31H33N3O3S/c1-3-36-23-16-14-22(15-17-23)32-31(35)34-20-26-25-11-5-6-13-28(25)38-30(26)33-18-8-12-27(33)29(34)21-9-7-10-24(19-21)37-4-2/h7-10,12,14-19,29H,3-6,11,13,20H2,1-2H3,(H,32,35)/t29-/m0/s1. The lowest BCUT2D eigenvalue weighted by molar-refractivity contribution is 0.194. The molecule has 6 nitrogen and oxygen atoms in total. The van der Waals surface area contributed by atoms with E-state index in [4.69, 9.17) is 9.47 Å². The number of carbonyl (C=O) groups is 1. The summed E-state index contributed by atoms with van der Waals surface area (Å²) in [4.78, 5) is 17.6. The van der Waals surface area contributed by atoms with Crippen LogP contribution in [0.25, 0.3) is 5.00 Å². The van der Waals surface area contributed by atoms with Crippen molar-refractivity contribution in [1.82, 2.24) is 9.47 Å². The predicted molar refractivity (Wildman–Crippen MR) is 152 cm³/mol. The Morgan fingerprint density at radius 3 is 2.55 bits per heavy atom. The number of hydrogen-bond donors (Lipinski definition) is 1. The van der Waals surface area contributed by atoms with Crippen molar-refractivity contribution in [1.29, 1.82) is 0 Å². The Morgan fingerprint density at radius 1 is 0.947 bits per heavy atom. The minimum atomic E-state index is -0.271. The van der Waals surface area contributed by atoms with Gasteiger partial charge in [-0.25, -0.2) is 4.79 Å². The number of benzene rings is 2. The molecule has 0 spiro atoms. The molecule has 2 aromatic carbocycles. The van der Waals surface area contributed by atoms with Crippen LogP contribution in [0, 0.1) is 0 Å². The van der Waals surface area contributed by atoms with Gasteiger partial charge in [0.2, 0.25) is 0 Å². The lowest BCUT2D eigenvalue weighted by Gasteiger charge is -2.31. The quantitative estimate of drug-likeness (QED) is 0.285. The van der Waals surface area contributed by atoms with Gasteiger partial charge >= 0.3 is 6.03 Å². The second kappa shape index (κ2) is 10.6. The molecule has 0 bridgehead atoms. The van der Waals surface area contributed by atoms with E-state index in [-0.39, 0.29) is 12.1 Å². The Kier molecular flexibility index (Phi) is 6.85. The average Bonchev–Trinajstić information content (AvgIpc) is 3.52. The molecule has 1 aliphatic heterocycles. The third-order valence-corrected chi connectivity index (χ3v) is 8.67. The lowest BCUT2D eigenvalue weighted by atomic mass is 9.95. The number of aryl methyl sites for hydroxylation is 1. The number of carbonyl (C=O) groups excluding carboxylic acids is 1. The molecule has 38 heavy (non-hydrogen) atoms. The zero-order valence-electron chi connectivity index (χ0n) is 21.9. The van der Waals surface area contributed by atoms with Crippen molar-refractivity contribution in [3.05, 3.63) is 94.1 Å². The number of ether oxygens (including phenoxy) is 2. The number of aromatic nitrogens is 1. The van der Waals surface area contributed by atoms with Crippen molar-refractivity contribution in [2.45, 2.75) is 52.1 Å². The van der Waals surface area contributed by atoms with Gasteiger partial charge in [-0.1, -0.05) is 12.1 Å². The number of nitrogens with zero attached hydrogens (tertiary/aromatic N) is 2. The highest BCUT2D eigenvalue weighted by Crippen LogP contribution is 2.44. The minimum Gasteiger partial charge on any atom is -0.494 e. The SMILES string of the molecule is CCOc1ccc(NC(=O)N2Cc3c(sc4c3CCCC4)-n3cccc3[C@@H]2c2cccc(OCC)c2)cc1. The van der Waals surface area contributed by atoms with Crippen LogP contribution in [0.4, 0.5) is 10.5 Å². The number of rotatable bonds is 6. The van der Waals surface area contributed by atoms with E-state index in [2.05, 4.69) is 40.3 Å². The van der Waals surface area contributed by atoms with Crippen molar-refractivity contribution in [3.63, 3.8) is 0 Å². The highest BCUT2D eigenvalue weighted by atomic mass is 32.1. The van der Waals surface area contributed by atoms with E-state index in [1.165, 1.54) is 33.8 Å². The van der Waals surface area contributed by atoms with Gasteiger partial charge in [0.05, 0.1) is 31.5 Å². The zero-order chi connectivity index (χ0) is 26.1. The van der Waals surface area contributed by atoms with Crippen molar-refractivity contribution in [3.8, 4) is 16.5 Å². The summed E-state index contributed by atoms with van der Waals surface area (Å²) in [6.07, 6.45) is 6.79. The summed E-state index contributed by atoms with van der Waals surface area (Å²) in [5.41, 5.74) is 5.58. The van der Waals surface area contributed by atoms with Crippen LogP contribution >= 0.6 is 11.3 Å². The predicted octanol–water partition coefficient (Wildman–Crippen LogP) is 7.35. The molecule has 0 unspecified atom stereocenters. The Labute approximate surface area is 227 Å². The van der Waals surface area contributed by atoms with Crippen LogP contribution in [-0.4, -0.2) is 28.7 Å².